The molecule has 0 atom stereocenters. The molecular weight excluding hydrogens is 404 g/mol. The molecule has 144 valence electrons. The predicted molar refractivity (Wildman–Crippen MR) is 119 cm³/mol. The van der Waals surface area contributed by atoms with Gasteiger partial charge in [-0.25, -0.2) is 0 Å². The molecule has 0 aliphatic carbocycles. The molecular formula is C23H17ClN2O2S. The second-order valence-electron chi connectivity index (χ2n) is 6.38. The number of carbonyl (C=O) groups excluding carboxylic acids is 1. The lowest BCUT2D eigenvalue weighted by Crippen LogP contribution is -2.27. The number of halogens is 1. The highest BCUT2D eigenvalue weighted by Crippen LogP contribution is 2.35. The van der Waals surface area contributed by atoms with E-state index in [-0.39, 0.29) is 11.1 Å². The van der Waals surface area contributed by atoms with Crippen molar-refractivity contribution in [3.63, 3.8) is 0 Å². The van der Waals surface area contributed by atoms with Gasteiger partial charge in [-0.15, -0.1) is 0 Å². The molecule has 1 heterocycles. The molecule has 1 saturated heterocycles. The topological polar surface area (TPSA) is 53.4 Å². The Morgan fingerprint density at radius 1 is 0.966 bits per heavy atom. The predicted octanol–water partition coefficient (Wildman–Crippen LogP) is 5.97. The maximum atomic E-state index is 12.8. The van der Waals surface area contributed by atoms with Crippen LogP contribution in [0, 0.1) is 5.41 Å². The van der Waals surface area contributed by atoms with Crippen LogP contribution in [0.4, 0.5) is 5.69 Å². The lowest BCUT2D eigenvalue weighted by Gasteiger charge is -2.14. The largest absolute Gasteiger partial charge is 0.489 e. The fraction of sp³-hybridized carbons (Fsp3) is 0.0435. The number of amides is 1. The van der Waals surface area contributed by atoms with E-state index in [1.54, 1.807) is 30.3 Å². The van der Waals surface area contributed by atoms with Crippen molar-refractivity contribution in [2.24, 2.45) is 0 Å². The van der Waals surface area contributed by atoms with E-state index in [9.17, 15) is 4.79 Å². The number of amidine groups is 1. The normalized spacial score (nSPS) is 15.2. The van der Waals surface area contributed by atoms with Gasteiger partial charge >= 0.3 is 0 Å². The molecule has 0 saturated carbocycles. The first-order chi connectivity index (χ1) is 14.1. The number of nitrogens with zero attached hydrogens (tertiary/aromatic N) is 1. The summed E-state index contributed by atoms with van der Waals surface area (Å²) in [4.78, 5) is 14.7. The monoisotopic (exact) mass is 420 g/mol. The van der Waals surface area contributed by atoms with Gasteiger partial charge in [0.05, 0.1) is 10.6 Å². The average Bonchev–Trinajstić information content (AvgIpc) is 3.02. The maximum absolute atomic E-state index is 12.8. The van der Waals surface area contributed by atoms with E-state index in [4.69, 9.17) is 21.7 Å². The molecule has 0 aromatic heterocycles. The smallest absolute Gasteiger partial charge is 0.271 e. The first kappa shape index (κ1) is 19.3. The first-order valence-electron chi connectivity index (χ1n) is 8.95. The lowest BCUT2D eigenvalue weighted by molar-refractivity contribution is -0.113. The number of anilines is 1. The third-order valence-electron chi connectivity index (χ3n) is 4.33. The van der Waals surface area contributed by atoms with Gasteiger partial charge in [0.1, 0.15) is 12.4 Å². The minimum absolute atomic E-state index is 0.173. The van der Waals surface area contributed by atoms with Crippen LogP contribution >= 0.6 is 23.4 Å². The van der Waals surface area contributed by atoms with Crippen molar-refractivity contribution < 1.29 is 9.53 Å². The Hall–Kier alpha value is -3.02. The van der Waals surface area contributed by atoms with Crippen LogP contribution < -0.4 is 9.64 Å². The van der Waals surface area contributed by atoms with Crippen molar-refractivity contribution in [2.45, 2.75) is 6.61 Å². The number of hydrogen-bond donors (Lipinski definition) is 1. The third-order valence-corrected chi connectivity index (χ3v) is 5.47. The van der Waals surface area contributed by atoms with E-state index in [1.807, 2.05) is 54.6 Å². The molecule has 1 aliphatic heterocycles. The molecule has 6 heteroatoms. The van der Waals surface area contributed by atoms with E-state index in [0.29, 0.717) is 22.2 Å². The van der Waals surface area contributed by atoms with Crippen LogP contribution in [0.1, 0.15) is 11.1 Å². The second-order valence-corrected chi connectivity index (χ2v) is 7.84. The SMILES string of the molecule is N=C1S/C(=C\c2ccc(OCc3ccccc3)cc2)C(=O)N1c1ccc(Cl)cc1. The van der Waals surface area contributed by atoms with Gasteiger partial charge in [0.2, 0.25) is 0 Å². The molecule has 1 aliphatic rings. The Morgan fingerprint density at radius 3 is 2.34 bits per heavy atom. The summed E-state index contributed by atoms with van der Waals surface area (Å²) in [5.41, 5.74) is 2.61. The Balaban J connectivity index is 1.45. The molecule has 4 nitrogen and oxygen atoms in total. The summed E-state index contributed by atoms with van der Waals surface area (Å²) in [6, 6.07) is 24.4. The Morgan fingerprint density at radius 2 is 1.66 bits per heavy atom. The van der Waals surface area contributed by atoms with Gasteiger partial charge in [-0.3, -0.25) is 15.1 Å². The zero-order chi connectivity index (χ0) is 20.2. The summed E-state index contributed by atoms with van der Waals surface area (Å²) in [6.07, 6.45) is 1.79. The molecule has 4 rings (SSSR count). The van der Waals surface area contributed by atoms with Crippen molar-refractivity contribution >= 4 is 46.2 Å². The molecule has 1 amide bonds. The molecule has 0 unspecified atom stereocenters. The van der Waals surface area contributed by atoms with Crippen LogP contribution in [0.15, 0.2) is 83.8 Å². The van der Waals surface area contributed by atoms with Crippen LogP contribution in [0.3, 0.4) is 0 Å². The number of nitrogens with one attached hydrogen (secondary N) is 1. The van der Waals surface area contributed by atoms with Gasteiger partial charge in [0, 0.05) is 5.02 Å². The number of thioether (sulfide) groups is 1. The second kappa shape index (κ2) is 8.55. The highest BCUT2D eigenvalue weighted by molar-refractivity contribution is 8.19. The van der Waals surface area contributed by atoms with Gasteiger partial charge in [-0.1, -0.05) is 54.1 Å². The molecule has 3 aromatic rings. The Labute approximate surface area is 178 Å². The molecule has 0 radical (unpaired) electrons. The minimum Gasteiger partial charge on any atom is -0.489 e. The van der Waals surface area contributed by atoms with E-state index in [2.05, 4.69) is 0 Å². The number of hydrogen-bond acceptors (Lipinski definition) is 4. The van der Waals surface area contributed by atoms with Crippen molar-refractivity contribution in [1.82, 2.24) is 0 Å². The van der Waals surface area contributed by atoms with Crippen LogP contribution in [-0.4, -0.2) is 11.1 Å². The zero-order valence-corrected chi connectivity index (χ0v) is 16.9. The van der Waals surface area contributed by atoms with E-state index in [0.717, 1.165) is 28.6 Å². The summed E-state index contributed by atoms with van der Waals surface area (Å²) >= 11 is 7.06. The summed E-state index contributed by atoms with van der Waals surface area (Å²) in [7, 11) is 0. The highest BCUT2D eigenvalue weighted by Gasteiger charge is 2.33. The summed E-state index contributed by atoms with van der Waals surface area (Å²) in [5, 5.41) is 8.93. The quantitative estimate of drug-likeness (QED) is 0.517. The number of ether oxygens (including phenoxy) is 1. The molecule has 0 spiro atoms. The van der Waals surface area contributed by atoms with Crippen molar-refractivity contribution in [3.05, 3.63) is 99.9 Å². The molecule has 1 N–H and O–H groups in total. The van der Waals surface area contributed by atoms with Crippen LogP contribution in [0.25, 0.3) is 6.08 Å². The zero-order valence-electron chi connectivity index (χ0n) is 15.3. The van der Waals surface area contributed by atoms with Crippen LogP contribution in [0.5, 0.6) is 5.75 Å². The van der Waals surface area contributed by atoms with Crippen molar-refractivity contribution in [1.29, 1.82) is 5.41 Å². The fourth-order valence-electron chi connectivity index (χ4n) is 2.86. The lowest BCUT2D eigenvalue weighted by atomic mass is 10.2. The number of rotatable bonds is 5. The van der Waals surface area contributed by atoms with E-state index in [1.165, 1.54) is 4.90 Å². The number of carbonyl (C=O) groups is 1. The average molecular weight is 421 g/mol. The van der Waals surface area contributed by atoms with E-state index < -0.39 is 0 Å². The van der Waals surface area contributed by atoms with Gasteiger partial charge in [-0.2, -0.15) is 0 Å². The van der Waals surface area contributed by atoms with E-state index >= 15 is 0 Å². The molecule has 1 fully saturated rings. The molecule has 3 aromatic carbocycles. The van der Waals surface area contributed by atoms with Gasteiger partial charge < -0.3 is 4.74 Å². The van der Waals surface area contributed by atoms with Crippen molar-refractivity contribution in [2.75, 3.05) is 4.90 Å². The van der Waals surface area contributed by atoms with Crippen LogP contribution in [-0.2, 0) is 11.4 Å². The Kier molecular flexibility index (Phi) is 5.69. The minimum atomic E-state index is -0.216. The van der Waals surface area contributed by atoms with Crippen LogP contribution in [0.2, 0.25) is 5.02 Å². The van der Waals surface area contributed by atoms with Crippen molar-refractivity contribution in [3.8, 4) is 5.75 Å². The summed E-state index contributed by atoms with van der Waals surface area (Å²) < 4.78 is 5.79. The maximum Gasteiger partial charge on any atom is 0.271 e. The third kappa shape index (κ3) is 4.53. The number of benzene rings is 3. The molecule has 0 bridgehead atoms. The Bertz CT molecular complexity index is 1060. The highest BCUT2D eigenvalue weighted by atomic mass is 35.5. The molecule has 29 heavy (non-hydrogen) atoms. The van der Waals surface area contributed by atoms with Gasteiger partial charge in [-0.05, 0) is 65.4 Å². The standard InChI is InChI=1S/C23H17ClN2O2S/c24-18-8-10-19(11-9-18)26-22(27)21(29-23(26)25)14-16-6-12-20(13-7-16)28-15-17-4-2-1-3-5-17/h1-14,25H,15H2/b21-14-,25-23?. The first-order valence-corrected chi connectivity index (χ1v) is 10.1. The summed E-state index contributed by atoms with van der Waals surface area (Å²) in [6.45, 7) is 0.503. The summed E-state index contributed by atoms with van der Waals surface area (Å²) in [5.74, 6) is 0.545. The van der Waals surface area contributed by atoms with Gasteiger partial charge in [0.25, 0.3) is 5.91 Å². The fourth-order valence-corrected chi connectivity index (χ4v) is 3.85. The van der Waals surface area contributed by atoms with Gasteiger partial charge in [0.15, 0.2) is 5.17 Å².